The lowest BCUT2D eigenvalue weighted by Gasteiger charge is -2.14. The molecule has 0 spiro atoms. The van der Waals surface area contributed by atoms with Crippen molar-refractivity contribution in [2.45, 2.75) is 33.2 Å². The summed E-state index contributed by atoms with van der Waals surface area (Å²) in [5, 5.41) is 7.77. The van der Waals surface area contributed by atoms with Crippen molar-refractivity contribution >= 4 is 62.0 Å². The predicted molar refractivity (Wildman–Crippen MR) is 126 cm³/mol. The number of aromatic nitrogens is 3. The Labute approximate surface area is 200 Å². The fourth-order valence-electron chi connectivity index (χ4n) is 3.30. The molecule has 7 nitrogen and oxygen atoms in total. The fraction of sp³-hybridized carbons (Fsp3) is 0.238. The lowest BCUT2D eigenvalue weighted by molar-refractivity contribution is -0.119. The molecule has 12 heteroatoms. The molecule has 1 atom stereocenters. The van der Waals surface area contributed by atoms with Crippen LogP contribution in [0.3, 0.4) is 0 Å². The van der Waals surface area contributed by atoms with Gasteiger partial charge in [-0.05, 0) is 39.0 Å². The van der Waals surface area contributed by atoms with Gasteiger partial charge in [-0.15, -0.1) is 22.7 Å². The summed E-state index contributed by atoms with van der Waals surface area (Å²) in [4.78, 5) is 31.2. The van der Waals surface area contributed by atoms with E-state index in [2.05, 4.69) is 15.4 Å². The lowest BCUT2D eigenvalue weighted by atomic mass is 10.1. The molecular formula is C21H18ClF2N5O2S2. The Kier molecular flexibility index (Phi) is 6.21. The van der Waals surface area contributed by atoms with E-state index in [-0.39, 0.29) is 15.4 Å². The molecule has 3 N–H and O–H groups in total. The standard InChI is InChI=1S/C21H18ClF2N5O2S2/c1-8-4-5-14(32-8)11-6-13(18(23)24)26-21-15(11)16(17(33-21)19(25)30)27-20(31)10(3)29-7-12(22)9(2)28-29/h4-7,10,18H,1-3H3,(H2,25,30)(H,27,31). The van der Waals surface area contributed by atoms with Crippen LogP contribution in [0, 0.1) is 13.8 Å². The molecular weight excluding hydrogens is 492 g/mol. The van der Waals surface area contributed by atoms with E-state index in [1.54, 1.807) is 19.9 Å². The predicted octanol–water partition coefficient (Wildman–Crippen LogP) is 5.73. The first-order valence-electron chi connectivity index (χ1n) is 9.71. The van der Waals surface area contributed by atoms with Gasteiger partial charge in [-0.25, -0.2) is 13.8 Å². The van der Waals surface area contributed by atoms with Gasteiger partial charge < -0.3 is 11.1 Å². The molecule has 4 aromatic rings. The second-order valence-electron chi connectivity index (χ2n) is 7.36. The molecule has 0 aromatic carbocycles. The van der Waals surface area contributed by atoms with Gasteiger partial charge in [0.15, 0.2) is 0 Å². The highest BCUT2D eigenvalue weighted by atomic mass is 35.5. The number of anilines is 1. The van der Waals surface area contributed by atoms with Gasteiger partial charge in [-0.2, -0.15) is 5.10 Å². The van der Waals surface area contributed by atoms with Crippen LogP contribution in [0.2, 0.25) is 5.02 Å². The zero-order valence-electron chi connectivity index (χ0n) is 17.6. The summed E-state index contributed by atoms with van der Waals surface area (Å²) in [7, 11) is 0. The van der Waals surface area contributed by atoms with Crippen molar-refractivity contribution < 1.29 is 18.4 Å². The van der Waals surface area contributed by atoms with Gasteiger partial charge in [0.25, 0.3) is 12.3 Å². The zero-order valence-corrected chi connectivity index (χ0v) is 20.0. The molecule has 0 aliphatic heterocycles. The number of nitrogens with zero attached hydrogens (tertiary/aromatic N) is 3. The zero-order chi connectivity index (χ0) is 24.0. The Balaban J connectivity index is 1.88. The number of aryl methyl sites for hydroxylation is 2. The third kappa shape index (κ3) is 4.35. The number of primary amides is 1. The molecule has 0 aliphatic carbocycles. The number of nitrogens with two attached hydrogens (primary N) is 1. The maximum Gasteiger partial charge on any atom is 0.280 e. The van der Waals surface area contributed by atoms with E-state index in [0.717, 1.165) is 16.2 Å². The van der Waals surface area contributed by atoms with Crippen LogP contribution in [-0.2, 0) is 4.79 Å². The Morgan fingerprint density at radius 3 is 2.52 bits per heavy atom. The van der Waals surface area contributed by atoms with Gasteiger partial charge in [0.2, 0.25) is 5.91 Å². The first-order valence-corrected chi connectivity index (χ1v) is 11.7. The molecule has 0 saturated heterocycles. The van der Waals surface area contributed by atoms with Gasteiger partial charge in [0, 0.05) is 26.9 Å². The first-order chi connectivity index (χ1) is 15.6. The number of fused-ring (bicyclic) bond motifs is 1. The summed E-state index contributed by atoms with van der Waals surface area (Å²) in [6, 6.07) is 4.17. The lowest BCUT2D eigenvalue weighted by Crippen LogP contribution is -2.25. The third-order valence-corrected chi connectivity index (χ3v) is 7.52. The van der Waals surface area contributed by atoms with Crippen molar-refractivity contribution in [2.24, 2.45) is 5.73 Å². The van der Waals surface area contributed by atoms with Crippen LogP contribution in [0.1, 0.15) is 45.3 Å². The summed E-state index contributed by atoms with van der Waals surface area (Å²) in [6.45, 7) is 5.22. The summed E-state index contributed by atoms with van der Waals surface area (Å²) >= 11 is 8.32. The average Bonchev–Trinajstić information content (AvgIpc) is 3.44. The number of carbonyl (C=O) groups is 2. The molecule has 0 aliphatic rings. The maximum absolute atomic E-state index is 13.6. The van der Waals surface area contributed by atoms with Crippen molar-refractivity contribution in [3.63, 3.8) is 0 Å². The van der Waals surface area contributed by atoms with Gasteiger partial charge in [-0.1, -0.05) is 11.6 Å². The van der Waals surface area contributed by atoms with Crippen molar-refractivity contribution in [2.75, 3.05) is 5.32 Å². The minimum absolute atomic E-state index is 0.0219. The molecule has 4 aromatic heterocycles. The number of rotatable bonds is 6. The van der Waals surface area contributed by atoms with E-state index in [1.165, 1.54) is 28.3 Å². The minimum atomic E-state index is -2.81. The normalized spacial score (nSPS) is 12.5. The molecule has 0 fully saturated rings. The van der Waals surface area contributed by atoms with Crippen LogP contribution < -0.4 is 11.1 Å². The van der Waals surface area contributed by atoms with E-state index in [4.69, 9.17) is 17.3 Å². The molecule has 2 amide bonds. The smallest absolute Gasteiger partial charge is 0.280 e. The van der Waals surface area contributed by atoms with Crippen LogP contribution in [0.4, 0.5) is 14.5 Å². The largest absolute Gasteiger partial charge is 0.365 e. The number of hydrogen-bond donors (Lipinski definition) is 2. The summed E-state index contributed by atoms with van der Waals surface area (Å²) < 4.78 is 28.5. The SMILES string of the molecule is Cc1ccc(-c2cc(C(F)F)nc3sc(C(N)=O)c(NC(=O)C(C)n4cc(Cl)c(C)n4)c23)s1. The van der Waals surface area contributed by atoms with E-state index < -0.39 is 30.0 Å². The second-order valence-corrected chi connectivity index (χ2v) is 10.1. The van der Waals surface area contributed by atoms with E-state index >= 15 is 0 Å². The molecule has 4 rings (SSSR count). The molecule has 33 heavy (non-hydrogen) atoms. The molecule has 0 radical (unpaired) electrons. The summed E-state index contributed by atoms with van der Waals surface area (Å²) in [5.74, 6) is -1.28. The maximum atomic E-state index is 13.6. The molecule has 0 saturated carbocycles. The van der Waals surface area contributed by atoms with Crippen molar-refractivity contribution in [1.82, 2.24) is 14.8 Å². The Morgan fingerprint density at radius 1 is 1.24 bits per heavy atom. The quantitative estimate of drug-likeness (QED) is 0.346. The van der Waals surface area contributed by atoms with Crippen LogP contribution in [-0.4, -0.2) is 26.6 Å². The third-order valence-electron chi connectivity index (χ3n) is 5.02. The molecule has 4 heterocycles. The van der Waals surface area contributed by atoms with E-state index in [9.17, 15) is 18.4 Å². The minimum Gasteiger partial charge on any atom is -0.365 e. The van der Waals surface area contributed by atoms with Gasteiger partial charge in [-0.3, -0.25) is 14.3 Å². The molecule has 172 valence electrons. The number of nitrogens with one attached hydrogen (secondary N) is 1. The second kappa shape index (κ2) is 8.81. The topological polar surface area (TPSA) is 103 Å². The van der Waals surface area contributed by atoms with Crippen LogP contribution in [0.25, 0.3) is 20.7 Å². The fourth-order valence-corrected chi connectivity index (χ4v) is 5.34. The van der Waals surface area contributed by atoms with E-state index in [0.29, 0.717) is 26.5 Å². The first kappa shape index (κ1) is 23.3. The molecule has 0 bridgehead atoms. The highest BCUT2D eigenvalue weighted by Crippen LogP contribution is 2.44. The summed E-state index contributed by atoms with van der Waals surface area (Å²) in [6.07, 6.45) is -1.28. The number of thiophene rings is 2. The highest BCUT2D eigenvalue weighted by Gasteiger charge is 2.27. The van der Waals surface area contributed by atoms with Gasteiger partial charge >= 0.3 is 0 Å². The van der Waals surface area contributed by atoms with Crippen molar-refractivity contribution in [3.8, 4) is 10.4 Å². The number of alkyl halides is 2. The number of carbonyl (C=O) groups excluding carboxylic acids is 2. The Hall–Kier alpha value is -2.89. The van der Waals surface area contributed by atoms with Crippen LogP contribution >= 0.6 is 34.3 Å². The van der Waals surface area contributed by atoms with Crippen molar-refractivity contribution in [3.05, 3.63) is 50.6 Å². The Morgan fingerprint density at radius 2 is 1.97 bits per heavy atom. The number of pyridine rings is 1. The number of halogens is 3. The summed E-state index contributed by atoms with van der Waals surface area (Å²) in [5.41, 5.74) is 6.29. The van der Waals surface area contributed by atoms with Crippen LogP contribution in [0.15, 0.2) is 24.4 Å². The highest BCUT2D eigenvalue weighted by molar-refractivity contribution is 7.21. The van der Waals surface area contributed by atoms with Crippen molar-refractivity contribution in [1.29, 1.82) is 0 Å². The average molecular weight is 510 g/mol. The van der Waals surface area contributed by atoms with Gasteiger partial charge in [0.1, 0.15) is 21.4 Å². The monoisotopic (exact) mass is 509 g/mol. The Bertz CT molecular complexity index is 1380. The molecule has 1 unspecified atom stereocenters. The number of hydrogen-bond acceptors (Lipinski definition) is 6. The number of amides is 2. The van der Waals surface area contributed by atoms with Gasteiger partial charge in [0.05, 0.1) is 16.4 Å². The van der Waals surface area contributed by atoms with Crippen LogP contribution in [0.5, 0.6) is 0 Å². The van der Waals surface area contributed by atoms with E-state index in [1.807, 2.05) is 13.0 Å².